The van der Waals surface area contributed by atoms with E-state index in [1.54, 1.807) is 0 Å². The first kappa shape index (κ1) is 25.5. The monoisotopic (exact) mass is 432 g/mol. The second-order valence-corrected chi connectivity index (χ2v) is 11.9. The van der Waals surface area contributed by atoms with E-state index in [2.05, 4.69) is 78.3 Å². The van der Waals surface area contributed by atoms with Crippen molar-refractivity contribution in [2.24, 2.45) is 5.92 Å². The summed E-state index contributed by atoms with van der Waals surface area (Å²) in [5, 5.41) is 0. The molecule has 0 spiro atoms. The van der Waals surface area contributed by atoms with E-state index in [0.29, 0.717) is 0 Å². The molecular weight excluding hydrogens is 388 g/mol. The number of hydrogen-bond acceptors (Lipinski definition) is 5. The van der Waals surface area contributed by atoms with Crippen LogP contribution in [0.2, 0.25) is 0 Å². The van der Waals surface area contributed by atoms with Crippen LogP contribution in [0, 0.1) is 5.92 Å². The van der Waals surface area contributed by atoms with Crippen molar-refractivity contribution in [3.05, 3.63) is 25.6 Å². The van der Waals surface area contributed by atoms with Gasteiger partial charge in [-0.2, -0.15) is 0 Å². The summed E-state index contributed by atoms with van der Waals surface area (Å²) in [5.41, 5.74) is -0.553. The van der Waals surface area contributed by atoms with Crippen LogP contribution in [-0.4, -0.2) is 49.8 Å². The summed E-state index contributed by atoms with van der Waals surface area (Å²) in [6, 6.07) is 0. The molecule has 2 rings (SSSR count). The first-order valence-electron chi connectivity index (χ1n) is 11.6. The fourth-order valence-corrected chi connectivity index (χ4v) is 6.47. The van der Waals surface area contributed by atoms with E-state index in [9.17, 15) is 9.59 Å². The molecule has 2 aliphatic heterocycles. The third-order valence-electron chi connectivity index (χ3n) is 7.25. The Labute approximate surface area is 189 Å². The van der Waals surface area contributed by atoms with Gasteiger partial charge < -0.3 is 14.5 Å². The number of ether oxygens (including phenoxy) is 1. The maximum absolute atomic E-state index is 13.0. The number of piperidine rings is 2. The zero-order valence-electron chi connectivity index (χ0n) is 21.1. The maximum atomic E-state index is 13.0. The molecule has 0 aliphatic carbocycles. The topological polar surface area (TPSA) is 49.9 Å². The molecule has 176 valence electrons. The number of rotatable bonds is 7. The molecule has 0 aromatic rings. The zero-order chi connectivity index (χ0) is 23.8. The predicted octanol–water partition coefficient (Wildman–Crippen LogP) is 5.46. The molecule has 2 heterocycles. The van der Waals surface area contributed by atoms with Crippen molar-refractivity contribution in [1.82, 2.24) is 9.80 Å². The number of carbonyl (C=O) groups is 2. The van der Waals surface area contributed by atoms with Gasteiger partial charge in [0.05, 0.1) is 6.42 Å². The zero-order valence-corrected chi connectivity index (χ0v) is 21.1. The molecule has 2 aliphatic rings. The van der Waals surface area contributed by atoms with E-state index in [4.69, 9.17) is 4.74 Å². The van der Waals surface area contributed by atoms with Crippen molar-refractivity contribution in [3.63, 3.8) is 0 Å². The van der Waals surface area contributed by atoms with Gasteiger partial charge in [0.25, 0.3) is 0 Å². The summed E-state index contributed by atoms with van der Waals surface area (Å²) in [4.78, 5) is 30.1. The molecule has 0 saturated carbocycles. The van der Waals surface area contributed by atoms with Gasteiger partial charge in [0.15, 0.2) is 0 Å². The summed E-state index contributed by atoms with van der Waals surface area (Å²) in [5.74, 6) is -0.134. The van der Waals surface area contributed by atoms with E-state index < -0.39 is 0 Å². The molecule has 0 radical (unpaired) electrons. The fraction of sp³-hybridized carbons (Fsp3) is 0.769. The van der Waals surface area contributed by atoms with Gasteiger partial charge in [-0.25, -0.2) is 0 Å². The van der Waals surface area contributed by atoms with Crippen LogP contribution in [0.3, 0.4) is 0 Å². The van der Waals surface area contributed by atoms with Gasteiger partial charge in [0.2, 0.25) is 0 Å². The normalized spacial score (nSPS) is 25.0. The minimum atomic E-state index is -0.265. The lowest BCUT2D eigenvalue weighted by molar-refractivity contribution is -0.158. The molecule has 0 atom stereocenters. The van der Waals surface area contributed by atoms with Crippen LogP contribution < -0.4 is 0 Å². The summed E-state index contributed by atoms with van der Waals surface area (Å²) in [6.45, 7) is 25.2. The van der Waals surface area contributed by atoms with Crippen LogP contribution in [0.25, 0.3) is 0 Å². The molecule has 0 unspecified atom stereocenters. The van der Waals surface area contributed by atoms with E-state index in [0.717, 1.165) is 25.7 Å². The van der Waals surface area contributed by atoms with Crippen molar-refractivity contribution >= 4 is 11.8 Å². The fourth-order valence-electron chi connectivity index (χ4n) is 6.47. The number of Topliss-reactive ketones (excluding diaryl/α,β-unsaturated/α-hetero) is 1. The lowest BCUT2D eigenvalue weighted by atomic mass is 9.72. The summed E-state index contributed by atoms with van der Waals surface area (Å²) in [7, 11) is 0. The molecular formula is C26H44N2O3. The largest absolute Gasteiger partial charge is 0.462 e. The molecule has 2 fully saturated rings. The van der Waals surface area contributed by atoms with E-state index in [1.807, 2.05) is 12.4 Å². The third kappa shape index (κ3) is 5.53. The Morgan fingerprint density at radius 1 is 0.774 bits per heavy atom. The summed E-state index contributed by atoms with van der Waals surface area (Å²) in [6.07, 6.45) is 7.10. The Morgan fingerprint density at radius 3 is 1.55 bits per heavy atom. The van der Waals surface area contributed by atoms with Crippen molar-refractivity contribution in [2.45, 2.75) is 122 Å². The number of nitrogens with zero attached hydrogens (tertiary/aromatic N) is 2. The van der Waals surface area contributed by atoms with Crippen LogP contribution in [0.1, 0.15) is 93.9 Å². The van der Waals surface area contributed by atoms with E-state index in [-0.39, 0.29) is 58.8 Å². The second kappa shape index (κ2) is 8.63. The molecule has 0 amide bonds. The van der Waals surface area contributed by atoms with Gasteiger partial charge in [-0.1, -0.05) is 13.2 Å². The molecule has 5 heteroatoms. The molecule has 2 saturated heterocycles. The van der Waals surface area contributed by atoms with Gasteiger partial charge in [-0.15, -0.1) is 0 Å². The highest BCUT2D eigenvalue weighted by molar-refractivity contribution is 5.85. The number of ketones is 1. The van der Waals surface area contributed by atoms with E-state index >= 15 is 0 Å². The van der Waals surface area contributed by atoms with Crippen LogP contribution in [0.4, 0.5) is 0 Å². The van der Waals surface area contributed by atoms with Gasteiger partial charge in [0.1, 0.15) is 11.9 Å². The lowest BCUT2D eigenvalue weighted by Gasteiger charge is -2.55. The number of likely N-dealkylation sites (tertiary alicyclic amines) is 2. The van der Waals surface area contributed by atoms with Crippen molar-refractivity contribution in [2.75, 3.05) is 0 Å². The minimum Gasteiger partial charge on any atom is -0.462 e. The van der Waals surface area contributed by atoms with Crippen LogP contribution in [0.15, 0.2) is 25.6 Å². The Balaban J connectivity index is 1.94. The smallest absolute Gasteiger partial charge is 0.306 e. The average molecular weight is 433 g/mol. The molecule has 31 heavy (non-hydrogen) atoms. The van der Waals surface area contributed by atoms with Crippen molar-refractivity contribution in [1.29, 1.82) is 0 Å². The highest BCUT2D eigenvalue weighted by Gasteiger charge is 2.46. The molecule has 0 aromatic carbocycles. The Kier molecular flexibility index (Phi) is 7.09. The highest BCUT2D eigenvalue weighted by Crippen LogP contribution is 2.42. The average Bonchev–Trinajstić information content (AvgIpc) is 2.55. The number of esters is 1. The first-order chi connectivity index (χ1) is 14.1. The quantitative estimate of drug-likeness (QED) is 0.500. The van der Waals surface area contributed by atoms with Crippen LogP contribution >= 0.6 is 0 Å². The van der Waals surface area contributed by atoms with Gasteiger partial charge >= 0.3 is 5.97 Å². The first-order valence-corrected chi connectivity index (χ1v) is 11.6. The van der Waals surface area contributed by atoms with Crippen LogP contribution in [-0.2, 0) is 14.3 Å². The molecule has 0 aromatic heterocycles. The SMILES string of the molecule is C=CN1C(C)(C)CC(OC(=O)CCC(=O)C2CC(C)(C)N(C=C)C(C)(C)C2)CC1(C)C. The molecule has 0 bridgehead atoms. The van der Waals surface area contributed by atoms with Crippen molar-refractivity contribution < 1.29 is 14.3 Å². The summed E-state index contributed by atoms with van der Waals surface area (Å²) < 4.78 is 5.84. The minimum absolute atomic E-state index is 0.0392. The Bertz CT molecular complexity index is 684. The second-order valence-electron chi connectivity index (χ2n) is 11.9. The van der Waals surface area contributed by atoms with Gasteiger partial charge in [0, 0.05) is 47.3 Å². The lowest BCUT2D eigenvalue weighted by Crippen LogP contribution is -2.59. The number of hydrogen-bond donors (Lipinski definition) is 0. The third-order valence-corrected chi connectivity index (χ3v) is 7.25. The maximum Gasteiger partial charge on any atom is 0.306 e. The van der Waals surface area contributed by atoms with Gasteiger partial charge in [-0.05, 0) is 80.6 Å². The predicted molar refractivity (Wildman–Crippen MR) is 126 cm³/mol. The molecule has 5 nitrogen and oxygen atoms in total. The van der Waals surface area contributed by atoms with Crippen LogP contribution in [0.5, 0.6) is 0 Å². The van der Waals surface area contributed by atoms with Crippen molar-refractivity contribution in [3.8, 4) is 0 Å². The number of carbonyl (C=O) groups excluding carboxylic acids is 2. The molecule has 0 N–H and O–H groups in total. The summed E-state index contributed by atoms with van der Waals surface area (Å²) >= 11 is 0. The Morgan fingerprint density at radius 2 is 1.16 bits per heavy atom. The Hall–Kier alpha value is -1.78. The standard InChI is InChI=1S/C26H44N2O3/c1-11-27-23(3,4)15-19(16-24(27,5)6)21(29)13-14-22(30)31-20-17-25(7,8)28(12-2)26(9,10)18-20/h11-12,19-20H,1-2,13-18H2,3-10H3. The highest BCUT2D eigenvalue weighted by atomic mass is 16.5. The van der Waals surface area contributed by atoms with Gasteiger partial charge in [-0.3, -0.25) is 9.59 Å². The van der Waals surface area contributed by atoms with E-state index in [1.165, 1.54) is 0 Å².